The van der Waals surface area contributed by atoms with Crippen molar-refractivity contribution in [1.29, 1.82) is 0 Å². The van der Waals surface area contributed by atoms with E-state index in [1.807, 2.05) is 0 Å². The van der Waals surface area contributed by atoms with Crippen LogP contribution in [0.15, 0.2) is 24.3 Å². The van der Waals surface area contributed by atoms with E-state index in [0.717, 1.165) is 0 Å². The predicted octanol–water partition coefficient (Wildman–Crippen LogP) is 0.422. The fraction of sp³-hybridized carbons (Fsp3) is 0.333. The molecular formula is C12H14FNO5. The minimum atomic E-state index is -1.06. The summed E-state index contributed by atoms with van der Waals surface area (Å²) in [6.07, 6.45) is 0. The minimum Gasteiger partial charge on any atom is -0.484 e. The maximum Gasteiger partial charge on any atom is 0.329 e. The van der Waals surface area contributed by atoms with E-state index < -0.39 is 12.6 Å². The van der Waals surface area contributed by atoms with Gasteiger partial charge in [-0.15, -0.1) is 0 Å². The number of carboxylic acids is 1. The molecule has 0 heterocycles. The van der Waals surface area contributed by atoms with E-state index in [9.17, 15) is 14.0 Å². The first-order valence-corrected chi connectivity index (χ1v) is 5.52. The lowest BCUT2D eigenvalue weighted by atomic mass is 10.3. The third-order valence-corrected chi connectivity index (χ3v) is 1.98. The van der Waals surface area contributed by atoms with Crippen LogP contribution in [-0.4, -0.2) is 43.3 Å². The zero-order valence-corrected chi connectivity index (χ0v) is 10.1. The molecule has 1 aromatic carbocycles. The number of rotatable bonds is 8. The molecule has 0 unspecified atom stereocenters. The van der Waals surface area contributed by atoms with E-state index in [1.54, 1.807) is 0 Å². The molecule has 0 aliphatic rings. The molecule has 2 N–H and O–H groups in total. The summed E-state index contributed by atoms with van der Waals surface area (Å²) in [7, 11) is 0. The Balaban J connectivity index is 2.11. The molecule has 1 amide bonds. The highest BCUT2D eigenvalue weighted by molar-refractivity contribution is 5.77. The summed E-state index contributed by atoms with van der Waals surface area (Å²) in [5, 5.41) is 10.8. The molecule has 7 heteroatoms. The average Bonchev–Trinajstić information content (AvgIpc) is 2.37. The van der Waals surface area contributed by atoms with Gasteiger partial charge < -0.3 is 19.9 Å². The molecule has 0 aliphatic carbocycles. The Kier molecular flexibility index (Phi) is 6.31. The number of carbonyl (C=O) groups is 2. The Morgan fingerprint density at radius 1 is 1.21 bits per heavy atom. The topological polar surface area (TPSA) is 84.9 Å². The van der Waals surface area contributed by atoms with Crippen LogP contribution in [0, 0.1) is 5.82 Å². The maximum atomic E-state index is 12.6. The van der Waals surface area contributed by atoms with E-state index in [2.05, 4.69) is 5.32 Å². The minimum absolute atomic E-state index is 0.106. The molecule has 0 bridgehead atoms. The summed E-state index contributed by atoms with van der Waals surface area (Å²) in [5.74, 6) is -1.43. The van der Waals surface area contributed by atoms with E-state index in [1.165, 1.54) is 24.3 Å². The van der Waals surface area contributed by atoms with Crippen molar-refractivity contribution < 1.29 is 28.6 Å². The van der Waals surface area contributed by atoms with Crippen molar-refractivity contribution >= 4 is 11.9 Å². The summed E-state index contributed by atoms with van der Waals surface area (Å²) in [5.41, 5.74) is 0. The molecule has 19 heavy (non-hydrogen) atoms. The van der Waals surface area contributed by atoms with Crippen LogP contribution in [0.4, 0.5) is 4.39 Å². The summed E-state index contributed by atoms with van der Waals surface area (Å²) in [6, 6.07) is 5.29. The van der Waals surface area contributed by atoms with Crippen molar-refractivity contribution in [3.63, 3.8) is 0 Å². The van der Waals surface area contributed by atoms with Gasteiger partial charge in [-0.3, -0.25) is 4.79 Å². The molecule has 6 nitrogen and oxygen atoms in total. The zero-order valence-electron chi connectivity index (χ0n) is 10.1. The second kappa shape index (κ2) is 8.04. The summed E-state index contributed by atoms with van der Waals surface area (Å²) in [6.45, 7) is -0.306. The Morgan fingerprint density at radius 3 is 2.53 bits per heavy atom. The van der Waals surface area contributed by atoms with E-state index in [-0.39, 0.29) is 31.5 Å². The fourth-order valence-electron chi connectivity index (χ4n) is 1.15. The van der Waals surface area contributed by atoms with Gasteiger partial charge in [0.2, 0.25) is 0 Å². The fourth-order valence-corrected chi connectivity index (χ4v) is 1.15. The lowest BCUT2D eigenvalue weighted by Gasteiger charge is -2.07. The zero-order chi connectivity index (χ0) is 14.1. The van der Waals surface area contributed by atoms with Gasteiger partial charge in [0, 0.05) is 6.54 Å². The van der Waals surface area contributed by atoms with Crippen LogP contribution in [-0.2, 0) is 14.3 Å². The molecule has 104 valence electrons. The van der Waals surface area contributed by atoms with Crippen LogP contribution < -0.4 is 10.1 Å². The van der Waals surface area contributed by atoms with Gasteiger partial charge in [-0.1, -0.05) is 0 Å². The highest BCUT2D eigenvalue weighted by Crippen LogP contribution is 2.10. The molecule has 0 radical (unpaired) electrons. The van der Waals surface area contributed by atoms with Gasteiger partial charge >= 0.3 is 5.97 Å². The van der Waals surface area contributed by atoms with Crippen LogP contribution in [0.3, 0.4) is 0 Å². The van der Waals surface area contributed by atoms with Crippen molar-refractivity contribution in [3.05, 3.63) is 30.1 Å². The van der Waals surface area contributed by atoms with Gasteiger partial charge in [-0.25, -0.2) is 9.18 Å². The van der Waals surface area contributed by atoms with E-state index >= 15 is 0 Å². The van der Waals surface area contributed by atoms with E-state index in [0.29, 0.717) is 5.75 Å². The SMILES string of the molecule is O=C(O)COCCNC(=O)COc1ccc(F)cc1. The van der Waals surface area contributed by atoms with Gasteiger partial charge in [0.25, 0.3) is 5.91 Å². The number of nitrogens with one attached hydrogen (secondary N) is 1. The quantitative estimate of drug-likeness (QED) is 0.669. The first-order chi connectivity index (χ1) is 9.08. The number of halogens is 1. The van der Waals surface area contributed by atoms with Gasteiger partial charge in [-0.05, 0) is 24.3 Å². The molecule has 0 spiro atoms. The van der Waals surface area contributed by atoms with Crippen LogP contribution in [0.25, 0.3) is 0 Å². The summed E-state index contributed by atoms with van der Waals surface area (Å²) >= 11 is 0. The summed E-state index contributed by atoms with van der Waals surface area (Å²) in [4.78, 5) is 21.4. The Hall–Kier alpha value is -2.15. The second-order valence-corrected chi connectivity index (χ2v) is 3.54. The van der Waals surface area contributed by atoms with E-state index in [4.69, 9.17) is 14.6 Å². The molecular weight excluding hydrogens is 257 g/mol. The monoisotopic (exact) mass is 271 g/mol. The number of hydrogen-bond acceptors (Lipinski definition) is 4. The summed E-state index contributed by atoms with van der Waals surface area (Å²) < 4.78 is 22.4. The molecule has 0 aromatic heterocycles. The van der Waals surface area contributed by atoms with Crippen LogP contribution >= 0.6 is 0 Å². The Labute approximate surface area is 109 Å². The van der Waals surface area contributed by atoms with Crippen molar-refractivity contribution in [2.75, 3.05) is 26.4 Å². The highest BCUT2D eigenvalue weighted by Gasteiger charge is 2.03. The van der Waals surface area contributed by atoms with Crippen molar-refractivity contribution in [2.45, 2.75) is 0 Å². The number of aliphatic carboxylic acids is 1. The molecule has 1 rings (SSSR count). The lowest BCUT2D eigenvalue weighted by molar-refractivity contribution is -0.142. The largest absolute Gasteiger partial charge is 0.484 e. The third-order valence-electron chi connectivity index (χ3n) is 1.98. The first kappa shape index (κ1) is 14.9. The Morgan fingerprint density at radius 2 is 1.89 bits per heavy atom. The molecule has 0 atom stereocenters. The van der Waals surface area contributed by atoms with Crippen LogP contribution in [0.2, 0.25) is 0 Å². The molecule has 0 fully saturated rings. The second-order valence-electron chi connectivity index (χ2n) is 3.54. The number of ether oxygens (including phenoxy) is 2. The maximum absolute atomic E-state index is 12.6. The van der Waals surface area contributed by atoms with Gasteiger partial charge in [0.05, 0.1) is 6.61 Å². The van der Waals surface area contributed by atoms with Gasteiger partial charge in [0.15, 0.2) is 6.61 Å². The molecule has 0 aliphatic heterocycles. The predicted molar refractivity (Wildman–Crippen MR) is 63.4 cm³/mol. The smallest absolute Gasteiger partial charge is 0.329 e. The first-order valence-electron chi connectivity index (χ1n) is 5.52. The van der Waals surface area contributed by atoms with Crippen molar-refractivity contribution in [2.24, 2.45) is 0 Å². The average molecular weight is 271 g/mol. The van der Waals surface area contributed by atoms with Crippen LogP contribution in [0.5, 0.6) is 5.75 Å². The normalized spacial score (nSPS) is 9.95. The highest BCUT2D eigenvalue weighted by atomic mass is 19.1. The molecule has 0 saturated carbocycles. The lowest BCUT2D eigenvalue weighted by Crippen LogP contribution is -2.32. The molecule has 0 saturated heterocycles. The molecule has 1 aromatic rings. The number of hydrogen-bond donors (Lipinski definition) is 2. The Bertz CT molecular complexity index is 421. The van der Waals surface area contributed by atoms with Gasteiger partial charge in [-0.2, -0.15) is 0 Å². The third kappa shape index (κ3) is 6.99. The van der Waals surface area contributed by atoms with Crippen LogP contribution in [0.1, 0.15) is 0 Å². The number of carboxylic acid groups (broad SMARTS) is 1. The van der Waals surface area contributed by atoms with Gasteiger partial charge in [0.1, 0.15) is 18.2 Å². The number of amides is 1. The van der Waals surface area contributed by atoms with Crippen molar-refractivity contribution in [3.8, 4) is 5.75 Å². The standard InChI is InChI=1S/C12H14FNO5/c13-9-1-3-10(4-2-9)19-7-11(15)14-5-6-18-8-12(16)17/h1-4H,5-8H2,(H,14,15)(H,16,17). The van der Waals surface area contributed by atoms with Crippen molar-refractivity contribution in [1.82, 2.24) is 5.32 Å². The number of benzene rings is 1. The number of carbonyl (C=O) groups excluding carboxylic acids is 1.